The summed E-state index contributed by atoms with van der Waals surface area (Å²) in [5, 5.41) is 2.71. The molecule has 4 aliphatic carbocycles. The number of hydrogen-bond donors (Lipinski definition) is 1. The molecule has 0 aromatic heterocycles. The fourth-order valence-electron chi connectivity index (χ4n) is 6.58. The minimum absolute atomic E-state index is 0.0402. The van der Waals surface area contributed by atoms with E-state index >= 15 is 0 Å². The van der Waals surface area contributed by atoms with Crippen LogP contribution >= 0.6 is 0 Å². The molecule has 6 heteroatoms. The topological polar surface area (TPSA) is 66.5 Å². The normalized spacial score (nSPS) is 38.8. The molecule has 6 rings (SSSR count). The van der Waals surface area contributed by atoms with Crippen LogP contribution in [-0.2, 0) is 15.1 Å². The summed E-state index contributed by atoms with van der Waals surface area (Å²) in [4.78, 5) is 40.0. The minimum atomic E-state index is -1.27. The number of imide groups is 1. The van der Waals surface area contributed by atoms with E-state index in [2.05, 4.69) is 5.32 Å². The molecule has 5 aliphatic rings. The molecule has 1 unspecified atom stereocenters. The number of Topliss-reactive ketones (excluding diaryl/α,β-unsaturated/α-hetero) is 1. The first kappa shape index (κ1) is 17.8. The predicted octanol–water partition coefficient (Wildman–Crippen LogP) is 3.38. The van der Waals surface area contributed by atoms with Gasteiger partial charge in [-0.25, -0.2) is 9.18 Å². The van der Waals surface area contributed by atoms with Gasteiger partial charge in [-0.1, -0.05) is 12.1 Å². The molecule has 5 fully saturated rings. The van der Waals surface area contributed by atoms with Crippen molar-refractivity contribution in [3.8, 4) is 0 Å². The maximum Gasteiger partial charge on any atom is 0.325 e. The van der Waals surface area contributed by atoms with Crippen LogP contribution in [0.3, 0.4) is 0 Å². The van der Waals surface area contributed by atoms with Crippen LogP contribution < -0.4 is 5.32 Å². The third kappa shape index (κ3) is 2.53. The molecule has 4 bridgehead atoms. The number of carbonyl (C=O) groups is 3. The second kappa shape index (κ2) is 5.88. The molecule has 1 aliphatic heterocycles. The molecule has 0 spiro atoms. The molecule has 148 valence electrons. The molecule has 1 aromatic rings. The number of nitrogens with one attached hydrogen (secondary N) is 1. The number of halogens is 1. The van der Waals surface area contributed by atoms with Crippen molar-refractivity contribution in [1.82, 2.24) is 10.2 Å². The first-order valence-electron chi connectivity index (χ1n) is 10.2. The van der Waals surface area contributed by atoms with Crippen molar-refractivity contribution in [2.45, 2.75) is 51.0 Å². The Hall–Kier alpha value is -2.24. The minimum Gasteiger partial charge on any atom is -0.319 e. The van der Waals surface area contributed by atoms with Crippen LogP contribution in [0.4, 0.5) is 9.18 Å². The fourth-order valence-corrected chi connectivity index (χ4v) is 6.58. The number of ketones is 1. The van der Waals surface area contributed by atoms with Crippen molar-refractivity contribution in [2.75, 3.05) is 6.54 Å². The van der Waals surface area contributed by atoms with Crippen molar-refractivity contribution in [3.05, 3.63) is 35.6 Å². The van der Waals surface area contributed by atoms with Crippen LogP contribution in [0, 0.1) is 29.0 Å². The number of benzene rings is 1. The lowest BCUT2D eigenvalue weighted by molar-refractivity contribution is -0.147. The second-order valence-electron chi connectivity index (χ2n) is 9.57. The molecule has 4 saturated carbocycles. The molecular weight excluding hydrogens is 359 g/mol. The molecule has 1 saturated heterocycles. The van der Waals surface area contributed by atoms with Gasteiger partial charge >= 0.3 is 6.03 Å². The zero-order valence-corrected chi connectivity index (χ0v) is 16.0. The van der Waals surface area contributed by atoms with E-state index < -0.39 is 23.3 Å². The summed E-state index contributed by atoms with van der Waals surface area (Å²) in [6, 6.07) is 4.98. The third-order valence-corrected chi connectivity index (χ3v) is 7.63. The Kier molecular flexibility index (Phi) is 3.74. The van der Waals surface area contributed by atoms with Gasteiger partial charge in [0.15, 0.2) is 5.78 Å². The maximum atomic E-state index is 13.3. The summed E-state index contributed by atoms with van der Waals surface area (Å²) >= 11 is 0. The maximum absolute atomic E-state index is 13.3. The smallest absolute Gasteiger partial charge is 0.319 e. The first-order valence-corrected chi connectivity index (χ1v) is 10.2. The molecule has 3 amide bonds. The van der Waals surface area contributed by atoms with E-state index in [9.17, 15) is 18.8 Å². The van der Waals surface area contributed by atoms with Crippen LogP contribution in [0.15, 0.2) is 24.3 Å². The quantitative estimate of drug-likeness (QED) is 0.810. The van der Waals surface area contributed by atoms with Crippen LogP contribution in [-0.4, -0.2) is 29.2 Å². The molecular formula is C22H25FN2O3. The van der Waals surface area contributed by atoms with Gasteiger partial charge in [0.05, 0.1) is 6.54 Å². The van der Waals surface area contributed by atoms with Gasteiger partial charge in [-0.15, -0.1) is 0 Å². The standard InChI is InChI=1S/C22H25FN2O3/c1-21(16-2-4-17(23)5-3-16)19(27)25(20(28)24-21)12-18(26)22-9-13-6-14(10-22)8-15(7-13)11-22/h2-5,13-15H,6-12H2,1H3,(H,24,28). The molecule has 1 N–H and O–H groups in total. The lowest BCUT2D eigenvalue weighted by Gasteiger charge is -2.56. The first-order chi connectivity index (χ1) is 13.3. The second-order valence-corrected chi connectivity index (χ2v) is 9.57. The summed E-state index contributed by atoms with van der Waals surface area (Å²) in [6.45, 7) is 1.45. The Balaban J connectivity index is 1.37. The zero-order chi connectivity index (χ0) is 19.7. The van der Waals surface area contributed by atoms with Gasteiger partial charge in [-0.05, 0) is 80.9 Å². The molecule has 28 heavy (non-hydrogen) atoms. The van der Waals surface area contributed by atoms with Gasteiger partial charge in [0.1, 0.15) is 11.4 Å². The Morgan fingerprint density at radius 1 is 1.07 bits per heavy atom. The number of hydrogen-bond acceptors (Lipinski definition) is 3. The van der Waals surface area contributed by atoms with E-state index in [1.54, 1.807) is 6.92 Å². The van der Waals surface area contributed by atoms with Crippen LogP contribution in [0.25, 0.3) is 0 Å². The highest BCUT2D eigenvalue weighted by Gasteiger charge is 2.56. The number of carbonyl (C=O) groups excluding carboxylic acids is 3. The van der Waals surface area contributed by atoms with Gasteiger partial charge in [0.2, 0.25) is 0 Å². The predicted molar refractivity (Wildman–Crippen MR) is 99.6 cm³/mol. The fraction of sp³-hybridized carbons (Fsp3) is 0.591. The Morgan fingerprint density at radius 3 is 2.14 bits per heavy atom. The highest BCUT2D eigenvalue weighted by atomic mass is 19.1. The summed E-state index contributed by atoms with van der Waals surface area (Å²) < 4.78 is 13.3. The Morgan fingerprint density at radius 2 is 1.61 bits per heavy atom. The Bertz CT molecular complexity index is 830. The van der Waals surface area contributed by atoms with Crippen molar-refractivity contribution in [1.29, 1.82) is 0 Å². The number of urea groups is 1. The highest BCUT2D eigenvalue weighted by molar-refractivity contribution is 6.09. The number of nitrogens with zero attached hydrogens (tertiary/aromatic N) is 1. The molecule has 1 aromatic carbocycles. The van der Waals surface area contributed by atoms with Gasteiger partial charge in [-0.2, -0.15) is 0 Å². The molecule has 1 heterocycles. The van der Waals surface area contributed by atoms with E-state index in [-0.39, 0.29) is 17.7 Å². The molecule has 1 atom stereocenters. The van der Waals surface area contributed by atoms with Crippen LogP contribution in [0.5, 0.6) is 0 Å². The SMILES string of the molecule is CC1(c2ccc(F)cc2)NC(=O)N(CC(=O)C23CC4CC(CC(C4)C2)C3)C1=O. The van der Waals surface area contributed by atoms with Gasteiger partial charge in [0, 0.05) is 5.41 Å². The van der Waals surface area contributed by atoms with Crippen molar-refractivity contribution in [3.63, 3.8) is 0 Å². The van der Waals surface area contributed by atoms with E-state index in [0.29, 0.717) is 23.3 Å². The van der Waals surface area contributed by atoms with Gasteiger partial charge in [0.25, 0.3) is 5.91 Å². The monoisotopic (exact) mass is 384 g/mol. The summed E-state index contributed by atoms with van der Waals surface area (Å²) in [6.07, 6.45) is 6.44. The molecule has 0 radical (unpaired) electrons. The van der Waals surface area contributed by atoms with E-state index in [4.69, 9.17) is 0 Å². The third-order valence-electron chi connectivity index (χ3n) is 7.63. The summed E-state index contributed by atoms with van der Waals surface area (Å²) in [5.74, 6) is 1.08. The molecule has 5 nitrogen and oxygen atoms in total. The Labute approximate surface area is 163 Å². The van der Waals surface area contributed by atoms with Crippen molar-refractivity contribution in [2.24, 2.45) is 23.2 Å². The average Bonchev–Trinajstić information content (AvgIpc) is 2.85. The average molecular weight is 384 g/mol. The van der Waals surface area contributed by atoms with Crippen molar-refractivity contribution < 1.29 is 18.8 Å². The lowest BCUT2D eigenvalue weighted by Crippen LogP contribution is -2.53. The number of amides is 3. The summed E-state index contributed by atoms with van der Waals surface area (Å²) in [7, 11) is 0. The lowest BCUT2D eigenvalue weighted by atomic mass is 9.48. The van der Waals surface area contributed by atoms with Gasteiger partial charge < -0.3 is 5.32 Å². The zero-order valence-electron chi connectivity index (χ0n) is 16.0. The highest BCUT2D eigenvalue weighted by Crippen LogP contribution is 2.60. The van der Waals surface area contributed by atoms with E-state index in [1.807, 2.05) is 0 Å². The van der Waals surface area contributed by atoms with E-state index in [1.165, 1.54) is 43.5 Å². The van der Waals surface area contributed by atoms with Crippen LogP contribution in [0.2, 0.25) is 0 Å². The summed E-state index contributed by atoms with van der Waals surface area (Å²) in [5.41, 5.74) is -1.10. The van der Waals surface area contributed by atoms with Crippen LogP contribution in [0.1, 0.15) is 51.0 Å². The van der Waals surface area contributed by atoms with E-state index in [0.717, 1.165) is 24.2 Å². The van der Waals surface area contributed by atoms with Gasteiger partial charge in [-0.3, -0.25) is 14.5 Å². The largest absolute Gasteiger partial charge is 0.325 e. The van der Waals surface area contributed by atoms with Crippen molar-refractivity contribution >= 4 is 17.7 Å². The number of rotatable bonds is 4.